The third-order valence-corrected chi connectivity index (χ3v) is 6.60. The summed E-state index contributed by atoms with van der Waals surface area (Å²) in [5.74, 6) is 1.90. The highest BCUT2D eigenvalue weighted by Crippen LogP contribution is 2.30. The molecule has 2 aliphatic rings. The van der Waals surface area contributed by atoms with Crippen molar-refractivity contribution >= 4 is 33.6 Å². The zero-order chi connectivity index (χ0) is 17.1. The Morgan fingerprint density at radius 3 is 2.76 bits per heavy atom. The summed E-state index contributed by atoms with van der Waals surface area (Å²) in [7, 11) is 0. The van der Waals surface area contributed by atoms with Gasteiger partial charge in [0, 0.05) is 29.9 Å². The first-order valence-corrected chi connectivity index (χ1v) is 10.7. The Hall–Kier alpha value is -1.05. The molecule has 0 N–H and O–H groups in total. The molecular formula is C18H23BrN4OS. The van der Waals surface area contributed by atoms with Gasteiger partial charge in [0.25, 0.3) is 0 Å². The van der Waals surface area contributed by atoms with Gasteiger partial charge in [-0.05, 0) is 37.3 Å². The van der Waals surface area contributed by atoms with Gasteiger partial charge in [0.15, 0.2) is 5.16 Å². The van der Waals surface area contributed by atoms with E-state index in [0.29, 0.717) is 6.10 Å². The number of hydrogen-bond donors (Lipinski definition) is 0. The van der Waals surface area contributed by atoms with E-state index in [4.69, 9.17) is 4.74 Å². The van der Waals surface area contributed by atoms with E-state index in [0.717, 1.165) is 60.4 Å². The first kappa shape index (κ1) is 17.4. The van der Waals surface area contributed by atoms with E-state index >= 15 is 0 Å². The van der Waals surface area contributed by atoms with Gasteiger partial charge in [-0.2, -0.15) is 0 Å². The van der Waals surface area contributed by atoms with Crippen LogP contribution in [0.15, 0.2) is 33.9 Å². The molecular weight excluding hydrogens is 400 g/mol. The van der Waals surface area contributed by atoms with E-state index in [1.807, 2.05) is 6.07 Å². The molecule has 2 saturated heterocycles. The molecule has 2 aromatic rings. The van der Waals surface area contributed by atoms with Crippen molar-refractivity contribution in [1.82, 2.24) is 14.8 Å². The molecule has 1 atom stereocenters. The van der Waals surface area contributed by atoms with Crippen molar-refractivity contribution in [3.05, 3.63) is 34.3 Å². The maximum Gasteiger partial charge on any atom is 0.228 e. The molecule has 5 nitrogen and oxygen atoms in total. The van der Waals surface area contributed by atoms with Gasteiger partial charge in [0.1, 0.15) is 0 Å². The molecule has 3 heterocycles. The number of anilines is 1. The van der Waals surface area contributed by atoms with Gasteiger partial charge in [-0.3, -0.25) is 4.57 Å². The number of benzene rings is 1. The molecule has 0 amide bonds. The Bertz CT molecular complexity index is 711. The molecule has 0 aliphatic carbocycles. The van der Waals surface area contributed by atoms with E-state index in [1.54, 1.807) is 11.8 Å². The highest BCUT2D eigenvalue weighted by atomic mass is 79.9. The number of nitrogens with zero attached hydrogens (tertiary/aromatic N) is 4. The summed E-state index contributed by atoms with van der Waals surface area (Å²) in [6.45, 7) is 3.90. The lowest BCUT2D eigenvalue weighted by Gasteiger charge is -2.20. The number of halogens is 1. The maximum atomic E-state index is 5.87. The topological polar surface area (TPSA) is 43.2 Å². The molecule has 0 unspecified atom stereocenters. The van der Waals surface area contributed by atoms with Crippen molar-refractivity contribution in [1.29, 1.82) is 0 Å². The molecule has 0 saturated carbocycles. The van der Waals surface area contributed by atoms with E-state index in [2.05, 4.69) is 53.8 Å². The maximum absolute atomic E-state index is 5.87. The highest BCUT2D eigenvalue weighted by molar-refractivity contribution is 9.10. The summed E-state index contributed by atoms with van der Waals surface area (Å²) in [4.78, 5) is 2.37. The number of rotatable bonds is 6. The standard InChI is InChI=1S/C18H23BrN4OS/c19-16-8-2-1-6-14(16)13-25-18-21-20-17(22-9-3-4-10-22)23(18)12-15-7-5-11-24-15/h1-2,6,8,15H,3-5,7,9-13H2/t15-/m1/s1. The lowest BCUT2D eigenvalue weighted by molar-refractivity contribution is 0.0952. The second kappa shape index (κ2) is 8.10. The van der Waals surface area contributed by atoms with Crippen LogP contribution in [0, 0.1) is 0 Å². The summed E-state index contributed by atoms with van der Waals surface area (Å²) in [6, 6.07) is 8.36. The van der Waals surface area contributed by atoms with E-state index in [-0.39, 0.29) is 0 Å². The van der Waals surface area contributed by atoms with Crippen LogP contribution in [-0.4, -0.2) is 40.6 Å². The van der Waals surface area contributed by atoms with Crippen molar-refractivity contribution in [3.63, 3.8) is 0 Å². The van der Waals surface area contributed by atoms with Gasteiger partial charge < -0.3 is 9.64 Å². The number of aromatic nitrogens is 3. The fourth-order valence-corrected chi connectivity index (χ4v) is 5.01. The van der Waals surface area contributed by atoms with Gasteiger partial charge >= 0.3 is 0 Å². The van der Waals surface area contributed by atoms with Crippen molar-refractivity contribution in [2.75, 3.05) is 24.6 Å². The van der Waals surface area contributed by atoms with Gasteiger partial charge in [-0.1, -0.05) is 45.9 Å². The summed E-state index contributed by atoms with van der Waals surface area (Å²) in [5.41, 5.74) is 1.28. The molecule has 25 heavy (non-hydrogen) atoms. The minimum atomic E-state index is 0.292. The Kier molecular flexibility index (Phi) is 5.63. The van der Waals surface area contributed by atoms with Crippen molar-refractivity contribution in [2.45, 2.75) is 49.2 Å². The molecule has 0 bridgehead atoms. The number of hydrogen-bond acceptors (Lipinski definition) is 5. The average Bonchev–Trinajstić information content (AvgIpc) is 3.37. The summed E-state index contributed by atoms with van der Waals surface area (Å²) < 4.78 is 9.30. The van der Waals surface area contributed by atoms with Gasteiger partial charge in [0.05, 0.1) is 12.6 Å². The van der Waals surface area contributed by atoms with Crippen molar-refractivity contribution in [2.24, 2.45) is 0 Å². The number of ether oxygens (including phenoxy) is 1. The molecule has 1 aromatic carbocycles. The van der Waals surface area contributed by atoms with E-state index in [1.165, 1.54) is 18.4 Å². The number of thioether (sulfide) groups is 1. The van der Waals surface area contributed by atoms with Gasteiger partial charge in [-0.15, -0.1) is 10.2 Å². The van der Waals surface area contributed by atoms with Crippen LogP contribution >= 0.6 is 27.7 Å². The monoisotopic (exact) mass is 422 g/mol. The summed E-state index contributed by atoms with van der Waals surface area (Å²) in [6.07, 6.45) is 5.07. The molecule has 134 valence electrons. The quantitative estimate of drug-likeness (QED) is 0.655. The van der Waals surface area contributed by atoms with Crippen LogP contribution in [0.5, 0.6) is 0 Å². The fraction of sp³-hybridized carbons (Fsp3) is 0.556. The van der Waals surface area contributed by atoms with Crippen LogP contribution in [0.4, 0.5) is 5.95 Å². The van der Waals surface area contributed by atoms with Gasteiger partial charge in [0.2, 0.25) is 5.95 Å². The summed E-state index contributed by atoms with van der Waals surface area (Å²) in [5, 5.41) is 10.0. The Morgan fingerprint density at radius 1 is 1.16 bits per heavy atom. The molecule has 2 fully saturated rings. The van der Waals surface area contributed by atoms with E-state index in [9.17, 15) is 0 Å². The second-order valence-corrected chi connectivity index (χ2v) is 8.40. The highest BCUT2D eigenvalue weighted by Gasteiger charge is 2.25. The lowest BCUT2D eigenvalue weighted by atomic mass is 10.2. The van der Waals surface area contributed by atoms with E-state index < -0.39 is 0 Å². The molecule has 4 rings (SSSR count). The Balaban J connectivity index is 1.54. The van der Waals surface area contributed by atoms with Crippen LogP contribution in [-0.2, 0) is 17.0 Å². The summed E-state index contributed by atoms with van der Waals surface area (Å²) >= 11 is 5.39. The normalized spacial score (nSPS) is 20.5. The predicted octanol–water partition coefficient (Wildman–Crippen LogP) is 4.11. The minimum absolute atomic E-state index is 0.292. The minimum Gasteiger partial charge on any atom is -0.376 e. The molecule has 2 aliphatic heterocycles. The molecule has 0 spiro atoms. The first-order valence-electron chi connectivity index (χ1n) is 8.97. The second-order valence-electron chi connectivity index (χ2n) is 6.60. The Morgan fingerprint density at radius 2 is 2.00 bits per heavy atom. The smallest absolute Gasteiger partial charge is 0.228 e. The van der Waals surface area contributed by atoms with Crippen LogP contribution in [0.2, 0.25) is 0 Å². The average molecular weight is 423 g/mol. The zero-order valence-corrected chi connectivity index (χ0v) is 16.6. The van der Waals surface area contributed by atoms with Crippen molar-refractivity contribution in [3.8, 4) is 0 Å². The Labute approximate surface area is 161 Å². The van der Waals surface area contributed by atoms with Crippen LogP contribution < -0.4 is 4.90 Å². The fourth-order valence-electron chi connectivity index (χ4n) is 3.45. The largest absolute Gasteiger partial charge is 0.376 e. The first-order chi connectivity index (χ1) is 12.3. The third kappa shape index (κ3) is 4.04. The SMILES string of the molecule is Brc1ccccc1CSc1nnc(N2CCCC2)n1C[C@H]1CCCO1. The molecule has 7 heteroatoms. The van der Waals surface area contributed by atoms with Crippen LogP contribution in [0.3, 0.4) is 0 Å². The van der Waals surface area contributed by atoms with Gasteiger partial charge in [-0.25, -0.2) is 0 Å². The van der Waals surface area contributed by atoms with Crippen LogP contribution in [0.1, 0.15) is 31.2 Å². The van der Waals surface area contributed by atoms with Crippen molar-refractivity contribution < 1.29 is 4.74 Å². The third-order valence-electron chi connectivity index (χ3n) is 4.81. The zero-order valence-electron chi connectivity index (χ0n) is 14.2. The predicted molar refractivity (Wildman–Crippen MR) is 104 cm³/mol. The molecule has 0 radical (unpaired) electrons. The molecule has 1 aromatic heterocycles. The van der Waals surface area contributed by atoms with Crippen LogP contribution in [0.25, 0.3) is 0 Å². The lowest BCUT2D eigenvalue weighted by Crippen LogP contribution is -2.25.